The molecule has 0 spiro atoms. The van der Waals surface area contributed by atoms with Crippen LogP contribution in [-0.2, 0) is 19.1 Å². The number of ether oxygens (including phenoxy) is 2. The second-order valence-corrected chi connectivity index (χ2v) is 3.94. The molecule has 7 heteroatoms. The highest BCUT2D eigenvalue weighted by molar-refractivity contribution is 6.03. The van der Waals surface area contributed by atoms with E-state index in [-0.39, 0.29) is 26.1 Å². The molecule has 0 radical (unpaired) electrons. The number of halogens is 3. The van der Waals surface area contributed by atoms with Gasteiger partial charge in [0.05, 0.1) is 6.61 Å². The molecular weight excluding hydrogens is 241 g/mol. The summed E-state index contributed by atoms with van der Waals surface area (Å²) in [6.45, 7) is -0.321. The maximum atomic E-state index is 11.8. The molecule has 1 aliphatic rings. The molecule has 0 aromatic carbocycles. The Labute approximate surface area is 96.1 Å². The van der Waals surface area contributed by atoms with Gasteiger partial charge in [-0.1, -0.05) is 0 Å². The smallest absolute Gasteiger partial charge is 0.411 e. The highest BCUT2D eigenvalue weighted by atomic mass is 19.4. The molecule has 1 rings (SSSR count). The van der Waals surface area contributed by atoms with Gasteiger partial charge < -0.3 is 9.47 Å². The van der Waals surface area contributed by atoms with Crippen LogP contribution in [0.15, 0.2) is 0 Å². The van der Waals surface area contributed by atoms with E-state index in [1.54, 1.807) is 0 Å². The highest BCUT2D eigenvalue weighted by Gasteiger charge is 2.48. The molecule has 0 amide bonds. The number of alkyl halides is 3. The SMILES string of the molecule is CC(=O)C1(CCOCC(F)(F)F)CCOC1=O. The molecule has 17 heavy (non-hydrogen) atoms. The van der Waals surface area contributed by atoms with Crippen LogP contribution in [0.25, 0.3) is 0 Å². The number of hydrogen-bond acceptors (Lipinski definition) is 4. The lowest BCUT2D eigenvalue weighted by Crippen LogP contribution is -2.35. The fraction of sp³-hybridized carbons (Fsp3) is 0.800. The Hall–Kier alpha value is -1.11. The van der Waals surface area contributed by atoms with Crippen LogP contribution in [-0.4, -0.2) is 37.7 Å². The average Bonchev–Trinajstić information content (AvgIpc) is 2.54. The Bertz CT molecular complexity index is 313. The van der Waals surface area contributed by atoms with Gasteiger partial charge in [0.15, 0.2) is 0 Å². The van der Waals surface area contributed by atoms with Gasteiger partial charge in [-0.15, -0.1) is 0 Å². The lowest BCUT2D eigenvalue weighted by molar-refractivity contribution is -0.176. The van der Waals surface area contributed by atoms with Crippen LogP contribution in [0.3, 0.4) is 0 Å². The summed E-state index contributed by atoms with van der Waals surface area (Å²) in [5.41, 5.74) is -1.31. The summed E-state index contributed by atoms with van der Waals surface area (Å²) >= 11 is 0. The Kier molecular flexibility index (Phi) is 4.13. The topological polar surface area (TPSA) is 52.6 Å². The number of hydrogen-bond donors (Lipinski definition) is 0. The zero-order valence-corrected chi connectivity index (χ0v) is 9.30. The summed E-state index contributed by atoms with van der Waals surface area (Å²) in [5.74, 6) is -1.06. The molecule has 0 aliphatic carbocycles. The zero-order chi connectivity index (χ0) is 13.1. The Morgan fingerprint density at radius 1 is 1.53 bits per heavy atom. The first-order chi connectivity index (χ1) is 7.78. The molecule has 4 nitrogen and oxygen atoms in total. The summed E-state index contributed by atoms with van der Waals surface area (Å²) < 4.78 is 44.5. The quantitative estimate of drug-likeness (QED) is 0.423. The van der Waals surface area contributed by atoms with Gasteiger partial charge in [0, 0.05) is 13.0 Å². The Morgan fingerprint density at radius 3 is 2.59 bits per heavy atom. The molecule has 1 fully saturated rings. The van der Waals surface area contributed by atoms with E-state index in [4.69, 9.17) is 4.74 Å². The van der Waals surface area contributed by atoms with E-state index in [0.29, 0.717) is 0 Å². The maximum Gasteiger partial charge on any atom is 0.411 e. The third-order valence-electron chi connectivity index (χ3n) is 2.77. The summed E-state index contributed by atoms with van der Waals surface area (Å²) in [6, 6.07) is 0. The van der Waals surface area contributed by atoms with E-state index in [2.05, 4.69) is 4.74 Å². The van der Waals surface area contributed by atoms with Gasteiger partial charge in [-0.25, -0.2) is 0 Å². The van der Waals surface area contributed by atoms with Crippen molar-refractivity contribution in [2.45, 2.75) is 25.9 Å². The van der Waals surface area contributed by atoms with Gasteiger partial charge >= 0.3 is 12.1 Å². The van der Waals surface area contributed by atoms with Crippen molar-refractivity contribution in [1.82, 2.24) is 0 Å². The van der Waals surface area contributed by atoms with Crippen molar-refractivity contribution in [2.24, 2.45) is 5.41 Å². The largest absolute Gasteiger partial charge is 0.465 e. The van der Waals surface area contributed by atoms with Crippen molar-refractivity contribution in [3.05, 3.63) is 0 Å². The number of carbonyl (C=O) groups excluding carboxylic acids is 2. The van der Waals surface area contributed by atoms with Crippen LogP contribution >= 0.6 is 0 Å². The minimum atomic E-state index is -4.40. The second kappa shape index (κ2) is 5.03. The lowest BCUT2D eigenvalue weighted by Gasteiger charge is -2.21. The van der Waals surface area contributed by atoms with Crippen molar-refractivity contribution >= 4 is 11.8 Å². The number of rotatable bonds is 5. The molecule has 0 saturated carbocycles. The van der Waals surface area contributed by atoms with Gasteiger partial charge in [0.2, 0.25) is 0 Å². The lowest BCUT2D eigenvalue weighted by atomic mass is 9.80. The molecular formula is C10H13F3O4. The van der Waals surface area contributed by atoms with Gasteiger partial charge in [-0.05, 0) is 13.3 Å². The van der Waals surface area contributed by atoms with Crippen molar-refractivity contribution in [1.29, 1.82) is 0 Å². The highest BCUT2D eigenvalue weighted by Crippen LogP contribution is 2.35. The van der Waals surface area contributed by atoms with E-state index in [1.807, 2.05) is 0 Å². The molecule has 1 atom stereocenters. The average molecular weight is 254 g/mol. The van der Waals surface area contributed by atoms with Crippen molar-refractivity contribution in [2.75, 3.05) is 19.8 Å². The zero-order valence-electron chi connectivity index (χ0n) is 9.30. The molecule has 0 aromatic heterocycles. The second-order valence-electron chi connectivity index (χ2n) is 3.94. The third kappa shape index (κ3) is 3.42. The van der Waals surface area contributed by atoms with Crippen LogP contribution < -0.4 is 0 Å². The Morgan fingerprint density at radius 2 is 2.18 bits per heavy atom. The number of ketones is 1. The van der Waals surface area contributed by atoms with Crippen LogP contribution in [0.2, 0.25) is 0 Å². The van der Waals surface area contributed by atoms with Crippen molar-refractivity contribution in [3.8, 4) is 0 Å². The molecule has 1 saturated heterocycles. The van der Waals surface area contributed by atoms with E-state index in [1.165, 1.54) is 6.92 Å². The number of Topliss-reactive ketones (excluding diaryl/α,β-unsaturated/α-hetero) is 1. The molecule has 1 heterocycles. The van der Waals surface area contributed by atoms with Gasteiger partial charge in [0.1, 0.15) is 17.8 Å². The first-order valence-electron chi connectivity index (χ1n) is 5.11. The summed E-state index contributed by atoms with van der Waals surface area (Å²) in [4.78, 5) is 22.8. The minimum Gasteiger partial charge on any atom is -0.465 e. The van der Waals surface area contributed by atoms with Crippen LogP contribution in [0.1, 0.15) is 19.8 Å². The standard InChI is InChI=1S/C10H13F3O4/c1-7(14)9(3-5-17-8(9)15)2-4-16-6-10(11,12)13/h2-6H2,1H3. The summed E-state index contributed by atoms with van der Waals surface area (Å²) in [7, 11) is 0. The molecule has 0 bridgehead atoms. The summed E-state index contributed by atoms with van der Waals surface area (Å²) in [5, 5.41) is 0. The molecule has 0 N–H and O–H groups in total. The van der Waals surface area contributed by atoms with Crippen molar-refractivity contribution < 1.29 is 32.2 Å². The number of carbonyl (C=O) groups is 2. The van der Waals surface area contributed by atoms with E-state index in [0.717, 1.165) is 0 Å². The maximum absolute atomic E-state index is 11.8. The van der Waals surface area contributed by atoms with Gasteiger partial charge in [-0.3, -0.25) is 9.59 Å². The van der Waals surface area contributed by atoms with Crippen LogP contribution in [0.5, 0.6) is 0 Å². The van der Waals surface area contributed by atoms with Crippen molar-refractivity contribution in [3.63, 3.8) is 0 Å². The van der Waals surface area contributed by atoms with Gasteiger partial charge in [0.25, 0.3) is 0 Å². The van der Waals surface area contributed by atoms with Crippen LogP contribution in [0.4, 0.5) is 13.2 Å². The first-order valence-corrected chi connectivity index (χ1v) is 5.11. The molecule has 0 aromatic rings. The number of cyclic esters (lactones) is 1. The fourth-order valence-electron chi connectivity index (χ4n) is 1.72. The van der Waals surface area contributed by atoms with Gasteiger partial charge in [-0.2, -0.15) is 13.2 Å². The number of esters is 1. The molecule has 1 aliphatic heterocycles. The van der Waals surface area contributed by atoms with E-state index in [9.17, 15) is 22.8 Å². The van der Waals surface area contributed by atoms with E-state index >= 15 is 0 Å². The fourth-order valence-corrected chi connectivity index (χ4v) is 1.72. The van der Waals surface area contributed by atoms with Crippen LogP contribution in [0, 0.1) is 5.41 Å². The third-order valence-corrected chi connectivity index (χ3v) is 2.77. The minimum absolute atomic E-state index is 0.0722. The Balaban J connectivity index is 2.47. The molecule has 1 unspecified atom stereocenters. The summed E-state index contributed by atoms with van der Waals surface area (Å²) in [6.07, 6.45) is -4.27. The molecule has 98 valence electrons. The first kappa shape index (κ1) is 14.0. The van der Waals surface area contributed by atoms with E-state index < -0.39 is 30.0 Å². The predicted octanol–water partition coefficient (Wildman–Crippen LogP) is 1.48. The predicted molar refractivity (Wildman–Crippen MR) is 50.2 cm³/mol. The normalized spacial score (nSPS) is 24.8. The monoisotopic (exact) mass is 254 g/mol.